The van der Waals surface area contributed by atoms with E-state index in [-0.39, 0.29) is 11.9 Å². The Morgan fingerprint density at radius 1 is 1.20 bits per heavy atom. The van der Waals surface area contributed by atoms with E-state index in [1.807, 2.05) is 30.3 Å². The van der Waals surface area contributed by atoms with Crippen molar-refractivity contribution in [3.8, 4) is 0 Å². The zero-order valence-corrected chi connectivity index (χ0v) is 12.6. The monoisotopic (exact) mass is 278 g/mol. The maximum absolute atomic E-state index is 10.8. The van der Waals surface area contributed by atoms with Crippen LogP contribution in [-0.2, 0) is 4.79 Å². The lowest BCUT2D eigenvalue weighted by molar-refractivity contribution is -0.118. The number of nitrogens with one attached hydrogen (secondary N) is 2. The van der Waals surface area contributed by atoms with E-state index >= 15 is 0 Å². The molecule has 0 aliphatic heterocycles. The molecule has 2 unspecified atom stereocenters. The third-order valence-corrected chi connectivity index (χ3v) is 3.31. The molecule has 1 amide bonds. The summed E-state index contributed by atoms with van der Waals surface area (Å²) in [5.41, 5.74) is 0.931. The van der Waals surface area contributed by atoms with Crippen molar-refractivity contribution >= 4 is 5.91 Å². The molecule has 3 N–H and O–H groups in total. The molecular weight excluding hydrogens is 252 g/mol. The highest BCUT2D eigenvalue weighted by molar-refractivity contribution is 5.72. The van der Waals surface area contributed by atoms with E-state index in [0.29, 0.717) is 12.5 Å². The standard InChI is InChI=1S/C16H26N2O2/c1-12(2)15(18-11-7-10-17-13(3)19)16(20)14-8-5-4-6-9-14/h4-6,8-9,12,15-16,18,20H,7,10-11H2,1-3H3,(H,17,19). The number of rotatable bonds is 8. The molecular formula is C16H26N2O2. The molecule has 0 fully saturated rings. The van der Waals surface area contributed by atoms with Crippen LogP contribution in [0, 0.1) is 5.92 Å². The van der Waals surface area contributed by atoms with E-state index in [2.05, 4.69) is 24.5 Å². The van der Waals surface area contributed by atoms with Crippen molar-refractivity contribution in [3.05, 3.63) is 35.9 Å². The van der Waals surface area contributed by atoms with Crippen molar-refractivity contribution in [2.75, 3.05) is 13.1 Å². The zero-order valence-electron chi connectivity index (χ0n) is 12.6. The lowest BCUT2D eigenvalue weighted by Gasteiger charge is -2.28. The van der Waals surface area contributed by atoms with Crippen LogP contribution in [0.2, 0.25) is 0 Å². The van der Waals surface area contributed by atoms with Gasteiger partial charge in [0.25, 0.3) is 0 Å². The molecule has 1 aromatic carbocycles. The molecule has 0 radical (unpaired) electrons. The number of aliphatic hydroxyl groups excluding tert-OH is 1. The summed E-state index contributed by atoms with van der Waals surface area (Å²) in [5, 5.41) is 16.6. The Morgan fingerprint density at radius 2 is 1.85 bits per heavy atom. The summed E-state index contributed by atoms with van der Waals surface area (Å²) in [7, 11) is 0. The fraction of sp³-hybridized carbons (Fsp3) is 0.562. The minimum atomic E-state index is -0.517. The second-order valence-corrected chi connectivity index (χ2v) is 5.42. The Balaban J connectivity index is 2.46. The Hall–Kier alpha value is -1.39. The van der Waals surface area contributed by atoms with Gasteiger partial charge in [-0.3, -0.25) is 4.79 Å². The number of carbonyl (C=O) groups excluding carboxylic acids is 1. The smallest absolute Gasteiger partial charge is 0.216 e. The fourth-order valence-electron chi connectivity index (χ4n) is 2.19. The number of hydrogen-bond donors (Lipinski definition) is 3. The summed E-state index contributed by atoms with van der Waals surface area (Å²) in [6.45, 7) is 7.14. The van der Waals surface area contributed by atoms with Crippen LogP contribution >= 0.6 is 0 Å². The van der Waals surface area contributed by atoms with Crippen molar-refractivity contribution in [2.24, 2.45) is 5.92 Å². The van der Waals surface area contributed by atoms with Gasteiger partial charge in [-0.25, -0.2) is 0 Å². The molecule has 1 rings (SSSR count). The third-order valence-electron chi connectivity index (χ3n) is 3.31. The van der Waals surface area contributed by atoms with E-state index in [1.165, 1.54) is 6.92 Å². The fourth-order valence-corrected chi connectivity index (χ4v) is 2.19. The van der Waals surface area contributed by atoms with Crippen molar-refractivity contribution in [2.45, 2.75) is 39.3 Å². The number of amides is 1. The van der Waals surface area contributed by atoms with Crippen LogP contribution in [-0.4, -0.2) is 30.1 Å². The lowest BCUT2D eigenvalue weighted by Crippen LogP contribution is -2.40. The summed E-state index contributed by atoms with van der Waals surface area (Å²) >= 11 is 0. The Labute approximate surface area is 121 Å². The van der Waals surface area contributed by atoms with E-state index in [4.69, 9.17) is 0 Å². The van der Waals surface area contributed by atoms with E-state index in [1.54, 1.807) is 0 Å². The van der Waals surface area contributed by atoms with Gasteiger partial charge in [-0.1, -0.05) is 44.2 Å². The van der Waals surface area contributed by atoms with Crippen LogP contribution in [0.5, 0.6) is 0 Å². The molecule has 0 spiro atoms. The van der Waals surface area contributed by atoms with E-state index < -0.39 is 6.10 Å². The topological polar surface area (TPSA) is 61.4 Å². The van der Waals surface area contributed by atoms with Gasteiger partial charge in [0.15, 0.2) is 0 Å². The first kappa shape index (κ1) is 16.7. The molecule has 2 atom stereocenters. The second kappa shape index (κ2) is 8.72. The summed E-state index contributed by atoms with van der Waals surface area (Å²) < 4.78 is 0. The molecule has 0 aliphatic carbocycles. The Morgan fingerprint density at radius 3 is 2.40 bits per heavy atom. The first-order chi connectivity index (χ1) is 9.52. The average Bonchev–Trinajstić information content (AvgIpc) is 2.42. The van der Waals surface area contributed by atoms with Gasteiger partial charge in [0, 0.05) is 19.5 Å². The highest BCUT2D eigenvalue weighted by Gasteiger charge is 2.23. The predicted octanol–water partition coefficient (Wildman–Crippen LogP) is 1.86. The summed E-state index contributed by atoms with van der Waals surface area (Å²) in [6.07, 6.45) is 0.335. The van der Waals surface area contributed by atoms with Crippen molar-refractivity contribution in [1.82, 2.24) is 10.6 Å². The number of hydrogen-bond acceptors (Lipinski definition) is 3. The number of aliphatic hydroxyl groups is 1. The van der Waals surface area contributed by atoms with Crippen LogP contribution in [0.3, 0.4) is 0 Å². The molecule has 0 saturated heterocycles. The Kier molecular flexibility index (Phi) is 7.26. The summed E-state index contributed by atoms with van der Waals surface area (Å²) in [4.78, 5) is 10.8. The molecule has 112 valence electrons. The molecule has 1 aromatic rings. The predicted molar refractivity (Wildman–Crippen MR) is 81.3 cm³/mol. The second-order valence-electron chi connectivity index (χ2n) is 5.42. The minimum Gasteiger partial charge on any atom is -0.387 e. The molecule has 20 heavy (non-hydrogen) atoms. The molecule has 0 aromatic heterocycles. The van der Waals surface area contributed by atoms with Crippen molar-refractivity contribution in [3.63, 3.8) is 0 Å². The molecule has 4 heteroatoms. The highest BCUT2D eigenvalue weighted by Crippen LogP contribution is 2.21. The molecule has 0 heterocycles. The van der Waals surface area contributed by atoms with Gasteiger partial charge in [-0.15, -0.1) is 0 Å². The van der Waals surface area contributed by atoms with E-state index in [9.17, 15) is 9.90 Å². The maximum Gasteiger partial charge on any atom is 0.216 e. The van der Waals surface area contributed by atoms with Gasteiger partial charge in [0.05, 0.1) is 6.10 Å². The first-order valence-electron chi connectivity index (χ1n) is 7.23. The summed E-state index contributed by atoms with van der Waals surface area (Å²) in [5.74, 6) is 0.320. The SMILES string of the molecule is CC(=O)NCCCNC(C(C)C)C(O)c1ccccc1. The van der Waals surface area contributed by atoms with Gasteiger partial charge in [-0.2, -0.15) is 0 Å². The third kappa shape index (κ3) is 5.72. The number of carbonyl (C=O) groups is 1. The Bertz CT molecular complexity index is 393. The average molecular weight is 278 g/mol. The van der Waals surface area contributed by atoms with Crippen LogP contribution in [0.25, 0.3) is 0 Å². The summed E-state index contributed by atoms with van der Waals surface area (Å²) in [6, 6.07) is 9.72. The lowest BCUT2D eigenvalue weighted by atomic mass is 9.93. The molecule has 0 aliphatic rings. The normalized spacial score (nSPS) is 14.1. The zero-order chi connectivity index (χ0) is 15.0. The molecule has 0 saturated carbocycles. The van der Waals surface area contributed by atoms with Crippen LogP contribution in [0.4, 0.5) is 0 Å². The van der Waals surface area contributed by atoms with Gasteiger partial charge in [0.1, 0.15) is 0 Å². The van der Waals surface area contributed by atoms with Crippen LogP contribution in [0.15, 0.2) is 30.3 Å². The molecule has 4 nitrogen and oxygen atoms in total. The largest absolute Gasteiger partial charge is 0.387 e. The van der Waals surface area contributed by atoms with Crippen molar-refractivity contribution in [1.29, 1.82) is 0 Å². The van der Waals surface area contributed by atoms with Crippen LogP contribution < -0.4 is 10.6 Å². The highest BCUT2D eigenvalue weighted by atomic mass is 16.3. The minimum absolute atomic E-state index is 0.00488. The molecule has 0 bridgehead atoms. The van der Waals surface area contributed by atoms with Crippen LogP contribution in [0.1, 0.15) is 38.9 Å². The number of benzene rings is 1. The first-order valence-corrected chi connectivity index (χ1v) is 7.23. The van der Waals surface area contributed by atoms with Gasteiger partial charge >= 0.3 is 0 Å². The maximum atomic E-state index is 10.8. The van der Waals surface area contributed by atoms with Gasteiger partial charge in [0.2, 0.25) is 5.91 Å². The van der Waals surface area contributed by atoms with Gasteiger partial charge < -0.3 is 15.7 Å². The quantitative estimate of drug-likeness (QED) is 0.636. The van der Waals surface area contributed by atoms with E-state index in [0.717, 1.165) is 18.5 Å². The van der Waals surface area contributed by atoms with Gasteiger partial charge in [-0.05, 0) is 24.4 Å². The van der Waals surface area contributed by atoms with Crippen molar-refractivity contribution < 1.29 is 9.90 Å².